The number of likely N-dealkylation sites (tertiary alicyclic amines) is 1. The molecule has 1 aliphatic heterocycles. The first kappa shape index (κ1) is 20.0. The van der Waals surface area contributed by atoms with Crippen molar-refractivity contribution >= 4 is 27.3 Å². The van der Waals surface area contributed by atoms with Gasteiger partial charge in [0.25, 0.3) is 5.91 Å². The fraction of sp³-hybridized carbons (Fsp3) is 0.556. The quantitative estimate of drug-likeness (QED) is 0.821. The van der Waals surface area contributed by atoms with Gasteiger partial charge in [-0.1, -0.05) is 0 Å². The van der Waals surface area contributed by atoms with Crippen LogP contribution in [0.25, 0.3) is 10.7 Å². The fourth-order valence-corrected chi connectivity index (χ4v) is 5.63. The maximum absolute atomic E-state index is 12.8. The summed E-state index contributed by atoms with van der Waals surface area (Å²) in [6.07, 6.45) is 4.82. The molecule has 3 rings (SSSR count). The van der Waals surface area contributed by atoms with Crippen LogP contribution >= 0.6 is 11.3 Å². The molecule has 9 heteroatoms. The summed E-state index contributed by atoms with van der Waals surface area (Å²) in [5.41, 5.74) is 1.38. The topological polar surface area (TPSA) is 84.3 Å². The van der Waals surface area contributed by atoms with Gasteiger partial charge in [-0.05, 0) is 46.1 Å². The summed E-state index contributed by atoms with van der Waals surface area (Å²) in [5, 5.41) is 0.654. The molecule has 0 atom stereocenters. The third kappa shape index (κ3) is 4.25. The van der Waals surface area contributed by atoms with Crippen molar-refractivity contribution in [3.63, 3.8) is 0 Å². The van der Waals surface area contributed by atoms with Gasteiger partial charge in [0.2, 0.25) is 10.0 Å². The Balaban J connectivity index is 1.91. The molecule has 1 amide bonds. The molecule has 1 aliphatic rings. The van der Waals surface area contributed by atoms with E-state index in [2.05, 4.69) is 9.71 Å². The average Bonchev–Trinajstić information content (AvgIpc) is 3.17. The number of aromatic nitrogens is 2. The lowest BCUT2D eigenvalue weighted by Crippen LogP contribution is -2.35. The number of hydrogen-bond acceptors (Lipinski definition) is 5. The molecule has 2 aromatic heterocycles. The van der Waals surface area contributed by atoms with E-state index in [0.29, 0.717) is 21.3 Å². The number of rotatable bonds is 5. The molecule has 0 aromatic carbocycles. The Morgan fingerprint density at radius 3 is 2.56 bits per heavy atom. The normalized spacial score (nSPS) is 15.5. The highest BCUT2D eigenvalue weighted by molar-refractivity contribution is 7.89. The zero-order chi connectivity index (χ0) is 19.8. The van der Waals surface area contributed by atoms with Gasteiger partial charge in [-0.3, -0.25) is 4.79 Å². The summed E-state index contributed by atoms with van der Waals surface area (Å²) < 4.78 is 29.2. The van der Waals surface area contributed by atoms with Crippen molar-refractivity contribution in [3.8, 4) is 10.7 Å². The predicted octanol–water partition coefficient (Wildman–Crippen LogP) is 2.77. The van der Waals surface area contributed by atoms with Crippen molar-refractivity contribution in [2.24, 2.45) is 7.05 Å². The molecule has 1 saturated heterocycles. The minimum atomic E-state index is -3.58. The van der Waals surface area contributed by atoms with E-state index in [1.165, 1.54) is 17.8 Å². The Morgan fingerprint density at radius 2 is 1.93 bits per heavy atom. The lowest BCUT2D eigenvalue weighted by Gasteiger charge is -2.26. The van der Waals surface area contributed by atoms with Crippen molar-refractivity contribution in [3.05, 3.63) is 22.8 Å². The van der Waals surface area contributed by atoms with Crippen LogP contribution in [0, 0.1) is 6.92 Å². The highest BCUT2D eigenvalue weighted by atomic mass is 32.2. The Morgan fingerprint density at radius 1 is 1.26 bits per heavy atom. The summed E-state index contributed by atoms with van der Waals surface area (Å²) >= 11 is 1.33. The molecule has 0 unspecified atom stereocenters. The smallest absolute Gasteiger partial charge is 0.265 e. The number of amides is 1. The Bertz CT molecular complexity index is 938. The molecular formula is C18H26N4O3S2. The third-order valence-electron chi connectivity index (χ3n) is 4.53. The molecule has 0 spiro atoms. The molecule has 0 radical (unpaired) electrons. The number of sulfonamides is 1. The summed E-state index contributed by atoms with van der Waals surface area (Å²) in [6.45, 7) is 6.98. The summed E-state index contributed by atoms with van der Waals surface area (Å²) in [7, 11) is -1.79. The van der Waals surface area contributed by atoms with Crippen LogP contribution in [0.4, 0.5) is 0 Å². The van der Waals surface area contributed by atoms with E-state index in [1.54, 1.807) is 37.7 Å². The number of carbonyl (C=O) groups excluding carboxylic acids is 1. The van der Waals surface area contributed by atoms with E-state index in [1.807, 2.05) is 11.8 Å². The highest BCUT2D eigenvalue weighted by Gasteiger charge is 2.25. The van der Waals surface area contributed by atoms with Gasteiger partial charge in [0.05, 0.1) is 11.4 Å². The number of carbonyl (C=O) groups is 1. The number of hydrogen-bond donors (Lipinski definition) is 1. The molecule has 27 heavy (non-hydrogen) atoms. The average molecular weight is 411 g/mol. The second-order valence-electron chi connectivity index (χ2n) is 7.23. The number of piperidine rings is 1. The van der Waals surface area contributed by atoms with Crippen LogP contribution < -0.4 is 4.72 Å². The molecule has 0 aliphatic carbocycles. The van der Waals surface area contributed by atoms with E-state index in [-0.39, 0.29) is 16.8 Å². The van der Waals surface area contributed by atoms with E-state index < -0.39 is 10.0 Å². The van der Waals surface area contributed by atoms with Crippen molar-refractivity contribution in [2.75, 3.05) is 13.1 Å². The number of thiazole rings is 1. The van der Waals surface area contributed by atoms with Gasteiger partial charge in [0, 0.05) is 32.4 Å². The van der Waals surface area contributed by atoms with Crippen LogP contribution in [0.1, 0.15) is 48.5 Å². The molecule has 0 bridgehead atoms. The summed E-state index contributed by atoms with van der Waals surface area (Å²) in [6, 6.07) is 1.42. The molecule has 2 aromatic rings. The second-order valence-corrected chi connectivity index (χ2v) is 9.95. The first-order valence-electron chi connectivity index (χ1n) is 9.15. The first-order chi connectivity index (χ1) is 12.7. The highest BCUT2D eigenvalue weighted by Crippen LogP contribution is 2.31. The summed E-state index contributed by atoms with van der Waals surface area (Å²) in [4.78, 5) is 20.1. The van der Waals surface area contributed by atoms with Crippen LogP contribution in [0.5, 0.6) is 0 Å². The van der Waals surface area contributed by atoms with Crippen LogP contribution in [0.15, 0.2) is 17.2 Å². The molecule has 148 valence electrons. The maximum atomic E-state index is 12.8. The van der Waals surface area contributed by atoms with E-state index in [4.69, 9.17) is 0 Å². The number of aryl methyl sites for hydroxylation is 2. The second kappa shape index (κ2) is 7.73. The molecule has 7 nitrogen and oxygen atoms in total. The van der Waals surface area contributed by atoms with Crippen LogP contribution in [-0.4, -0.2) is 47.9 Å². The van der Waals surface area contributed by atoms with Crippen molar-refractivity contribution in [2.45, 2.75) is 51.0 Å². The van der Waals surface area contributed by atoms with Gasteiger partial charge in [0.1, 0.15) is 14.8 Å². The third-order valence-corrected chi connectivity index (χ3v) is 7.33. The number of nitrogens with one attached hydrogen (secondary N) is 1. The molecular weight excluding hydrogens is 384 g/mol. The van der Waals surface area contributed by atoms with Crippen molar-refractivity contribution in [1.82, 2.24) is 19.2 Å². The molecule has 3 heterocycles. The van der Waals surface area contributed by atoms with Gasteiger partial charge in [-0.2, -0.15) is 0 Å². The minimum absolute atomic E-state index is 0.0273. The largest absolute Gasteiger partial charge is 0.347 e. The van der Waals surface area contributed by atoms with Gasteiger partial charge in [-0.15, -0.1) is 11.3 Å². The molecule has 1 N–H and O–H groups in total. The van der Waals surface area contributed by atoms with E-state index >= 15 is 0 Å². The lowest BCUT2D eigenvalue weighted by molar-refractivity contribution is 0.0728. The fourth-order valence-electron chi connectivity index (χ4n) is 3.22. The standard InChI is InChI=1S/C18H26N4O3S2/c1-12(2)20-27(24,25)14-10-15(21(4)11-14)17-19-13(3)16(26-17)18(23)22-8-6-5-7-9-22/h10-12,20H,5-9H2,1-4H3. The van der Waals surface area contributed by atoms with Gasteiger partial charge in [0.15, 0.2) is 0 Å². The monoisotopic (exact) mass is 410 g/mol. The van der Waals surface area contributed by atoms with E-state index in [0.717, 1.165) is 25.9 Å². The minimum Gasteiger partial charge on any atom is -0.347 e. The van der Waals surface area contributed by atoms with Crippen LogP contribution in [-0.2, 0) is 17.1 Å². The van der Waals surface area contributed by atoms with Crippen LogP contribution in [0.3, 0.4) is 0 Å². The van der Waals surface area contributed by atoms with Crippen molar-refractivity contribution in [1.29, 1.82) is 0 Å². The van der Waals surface area contributed by atoms with Crippen molar-refractivity contribution < 1.29 is 13.2 Å². The maximum Gasteiger partial charge on any atom is 0.265 e. The molecule has 0 saturated carbocycles. The SMILES string of the molecule is Cc1nc(-c2cc(S(=O)(=O)NC(C)C)cn2C)sc1C(=O)N1CCCCC1. The molecule has 1 fully saturated rings. The summed E-state index contributed by atoms with van der Waals surface area (Å²) in [5.74, 6) is 0.0273. The Hall–Kier alpha value is -1.71. The van der Waals surface area contributed by atoms with E-state index in [9.17, 15) is 13.2 Å². The predicted molar refractivity (Wildman–Crippen MR) is 106 cm³/mol. The number of nitrogens with zero attached hydrogens (tertiary/aromatic N) is 3. The van der Waals surface area contributed by atoms with Gasteiger partial charge < -0.3 is 9.47 Å². The van der Waals surface area contributed by atoms with Gasteiger partial charge >= 0.3 is 0 Å². The first-order valence-corrected chi connectivity index (χ1v) is 11.4. The zero-order valence-corrected chi connectivity index (χ0v) is 17.8. The van der Waals surface area contributed by atoms with Gasteiger partial charge in [-0.25, -0.2) is 18.1 Å². The Kier molecular flexibility index (Phi) is 5.73. The zero-order valence-electron chi connectivity index (χ0n) is 16.2. The lowest BCUT2D eigenvalue weighted by atomic mass is 10.1. The Labute approximate surface area is 164 Å². The van der Waals surface area contributed by atoms with Crippen LogP contribution in [0.2, 0.25) is 0 Å².